The minimum Gasteiger partial charge on any atom is -0.429 e. The molecule has 6 atom stereocenters. The number of ketones is 1. The summed E-state index contributed by atoms with van der Waals surface area (Å²) in [5.41, 5.74) is -0.883. The second-order valence-electron chi connectivity index (χ2n) is 10.1. The summed E-state index contributed by atoms with van der Waals surface area (Å²) in [7, 11) is 0. The largest absolute Gasteiger partial charge is 0.429 e. The van der Waals surface area contributed by atoms with Crippen molar-refractivity contribution in [3.8, 4) is 0 Å². The molecule has 0 aromatic carbocycles. The molecule has 162 valence electrons. The molecule has 0 spiro atoms. The van der Waals surface area contributed by atoms with Crippen molar-refractivity contribution in [3.63, 3.8) is 0 Å². The number of hydrogen-bond acceptors (Lipinski definition) is 5. The van der Waals surface area contributed by atoms with Crippen LogP contribution in [0.2, 0.25) is 0 Å². The predicted molar refractivity (Wildman–Crippen MR) is 109 cm³/mol. The summed E-state index contributed by atoms with van der Waals surface area (Å²) in [5, 5.41) is 0. The Kier molecular flexibility index (Phi) is 5.91. The lowest BCUT2D eigenvalue weighted by Gasteiger charge is -2.42. The van der Waals surface area contributed by atoms with Crippen molar-refractivity contribution in [3.05, 3.63) is 11.8 Å². The lowest BCUT2D eigenvalue weighted by molar-refractivity contribution is -0.212. The van der Waals surface area contributed by atoms with Gasteiger partial charge in [-0.05, 0) is 81.6 Å². The molecular weight excluding hydrogens is 368 g/mol. The first-order chi connectivity index (χ1) is 13.8. The summed E-state index contributed by atoms with van der Waals surface area (Å²) < 4.78 is 17.2. The molecule has 5 heteroatoms. The van der Waals surface area contributed by atoms with E-state index in [9.17, 15) is 9.59 Å². The summed E-state index contributed by atoms with van der Waals surface area (Å²) in [6, 6.07) is 0. The summed E-state index contributed by atoms with van der Waals surface area (Å²) in [5.74, 6) is 2.22. The SMILES string of the molecule is C[C@H](CCC1=C[C@@](C)(OC2CCCCO2)C(=O)O1)[C@H]1CCC2C(=O)CCC[C@@]21C. The van der Waals surface area contributed by atoms with Gasteiger partial charge in [0.2, 0.25) is 0 Å². The van der Waals surface area contributed by atoms with Gasteiger partial charge in [0, 0.05) is 25.4 Å². The molecule has 4 aliphatic rings. The Morgan fingerprint density at radius 3 is 2.76 bits per heavy atom. The third-order valence-electron chi connectivity index (χ3n) is 8.05. The Morgan fingerprint density at radius 2 is 2.00 bits per heavy atom. The van der Waals surface area contributed by atoms with Gasteiger partial charge in [0.15, 0.2) is 11.9 Å². The number of carbonyl (C=O) groups excluding carboxylic acids is 2. The molecule has 0 amide bonds. The molecule has 1 saturated heterocycles. The van der Waals surface area contributed by atoms with Crippen LogP contribution in [-0.2, 0) is 23.8 Å². The monoisotopic (exact) mass is 404 g/mol. The normalized spacial score (nSPS) is 41.1. The van der Waals surface area contributed by atoms with E-state index in [2.05, 4.69) is 13.8 Å². The van der Waals surface area contributed by atoms with Crippen LogP contribution < -0.4 is 0 Å². The zero-order valence-corrected chi connectivity index (χ0v) is 18.2. The molecule has 0 N–H and O–H groups in total. The number of carbonyl (C=O) groups is 2. The number of rotatable bonds is 6. The van der Waals surface area contributed by atoms with Gasteiger partial charge in [0.1, 0.15) is 11.5 Å². The van der Waals surface area contributed by atoms with E-state index >= 15 is 0 Å². The summed E-state index contributed by atoms with van der Waals surface area (Å²) in [6.07, 6.45) is 11.3. The Bertz CT molecular complexity index is 679. The lowest BCUT2D eigenvalue weighted by atomic mass is 9.62. The molecule has 0 aromatic heterocycles. The number of fused-ring (bicyclic) bond motifs is 1. The fourth-order valence-corrected chi connectivity index (χ4v) is 6.37. The minimum absolute atomic E-state index is 0.158. The summed E-state index contributed by atoms with van der Waals surface area (Å²) >= 11 is 0. The van der Waals surface area contributed by atoms with Crippen LogP contribution in [0.3, 0.4) is 0 Å². The molecule has 2 aliphatic heterocycles. The highest BCUT2D eigenvalue weighted by Crippen LogP contribution is 2.57. The van der Waals surface area contributed by atoms with E-state index < -0.39 is 5.60 Å². The molecule has 3 fully saturated rings. The van der Waals surface area contributed by atoms with Gasteiger partial charge in [-0.3, -0.25) is 4.79 Å². The van der Waals surface area contributed by atoms with Crippen LogP contribution in [0.4, 0.5) is 0 Å². The first-order valence-electron chi connectivity index (χ1n) is 11.6. The quantitative estimate of drug-likeness (QED) is 0.587. The van der Waals surface area contributed by atoms with Crippen LogP contribution in [0, 0.1) is 23.2 Å². The van der Waals surface area contributed by atoms with Crippen LogP contribution in [0.1, 0.15) is 85.0 Å². The van der Waals surface area contributed by atoms with Gasteiger partial charge in [-0.25, -0.2) is 4.79 Å². The number of allylic oxidation sites excluding steroid dienone is 1. The molecule has 0 aromatic rings. The number of Topliss-reactive ketones (excluding diaryl/α,β-unsaturated/α-hetero) is 1. The van der Waals surface area contributed by atoms with Crippen molar-refractivity contribution < 1.29 is 23.8 Å². The van der Waals surface area contributed by atoms with E-state index in [0.29, 0.717) is 24.2 Å². The number of hydrogen-bond donors (Lipinski definition) is 0. The van der Waals surface area contributed by atoms with Gasteiger partial charge in [-0.1, -0.05) is 13.8 Å². The van der Waals surface area contributed by atoms with E-state index in [0.717, 1.165) is 63.5 Å². The lowest BCUT2D eigenvalue weighted by Crippen LogP contribution is -2.39. The fraction of sp³-hybridized carbons (Fsp3) is 0.833. The van der Waals surface area contributed by atoms with E-state index in [-0.39, 0.29) is 23.6 Å². The fourth-order valence-electron chi connectivity index (χ4n) is 6.37. The Balaban J connectivity index is 1.35. The van der Waals surface area contributed by atoms with Crippen LogP contribution in [0.5, 0.6) is 0 Å². The molecule has 29 heavy (non-hydrogen) atoms. The minimum atomic E-state index is -1.04. The molecule has 0 bridgehead atoms. The van der Waals surface area contributed by atoms with Crippen molar-refractivity contribution in [1.29, 1.82) is 0 Å². The summed E-state index contributed by atoms with van der Waals surface area (Å²) in [6.45, 7) is 7.11. The van der Waals surface area contributed by atoms with Gasteiger partial charge >= 0.3 is 5.97 Å². The van der Waals surface area contributed by atoms with E-state index in [1.165, 1.54) is 6.42 Å². The number of esters is 1. The average molecular weight is 405 g/mol. The summed E-state index contributed by atoms with van der Waals surface area (Å²) in [4.78, 5) is 24.9. The maximum Gasteiger partial charge on any atom is 0.347 e. The molecular formula is C24H36O5. The van der Waals surface area contributed by atoms with E-state index in [1.807, 2.05) is 6.08 Å². The molecule has 4 rings (SSSR count). The molecule has 5 nitrogen and oxygen atoms in total. The second kappa shape index (κ2) is 8.14. The first-order valence-corrected chi connectivity index (χ1v) is 11.6. The Hall–Kier alpha value is -1.20. The van der Waals surface area contributed by atoms with Crippen LogP contribution in [-0.4, -0.2) is 30.3 Å². The van der Waals surface area contributed by atoms with Crippen LogP contribution >= 0.6 is 0 Å². The highest BCUT2D eigenvalue weighted by molar-refractivity contribution is 5.85. The third-order valence-corrected chi connectivity index (χ3v) is 8.05. The van der Waals surface area contributed by atoms with Gasteiger partial charge < -0.3 is 14.2 Å². The van der Waals surface area contributed by atoms with Gasteiger partial charge in [0.25, 0.3) is 0 Å². The van der Waals surface area contributed by atoms with Crippen LogP contribution in [0.15, 0.2) is 11.8 Å². The highest BCUT2D eigenvalue weighted by Gasteiger charge is 2.52. The van der Waals surface area contributed by atoms with Crippen molar-refractivity contribution in [1.82, 2.24) is 0 Å². The van der Waals surface area contributed by atoms with E-state index in [4.69, 9.17) is 14.2 Å². The number of ether oxygens (including phenoxy) is 3. The molecule has 2 saturated carbocycles. The molecule has 2 heterocycles. The second-order valence-corrected chi connectivity index (χ2v) is 10.1. The Morgan fingerprint density at radius 1 is 1.17 bits per heavy atom. The van der Waals surface area contributed by atoms with Gasteiger partial charge in [-0.2, -0.15) is 0 Å². The standard InChI is InChI=1S/C24H36O5/c1-16(18-11-12-19-20(25)7-6-13-23(18,19)2)9-10-17-15-24(3,22(26)28-17)29-21-8-4-5-14-27-21/h15-16,18-19,21H,4-14H2,1-3H3/t16-,18-,19?,21?,23-,24-/m1/s1. The zero-order valence-electron chi connectivity index (χ0n) is 18.2. The van der Waals surface area contributed by atoms with Crippen molar-refractivity contribution in [2.75, 3.05) is 6.61 Å². The topological polar surface area (TPSA) is 61.8 Å². The smallest absolute Gasteiger partial charge is 0.347 e. The first kappa shape index (κ1) is 21.0. The predicted octanol–water partition coefficient (Wildman–Crippen LogP) is 4.93. The third kappa shape index (κ3) is 4.05. The average Bonchev–Trinajstić information content (AvgIpc) is 3.18. The van der Waals surface area contributed by atoms with Crippen molar-refractivity contribution in [2.24, 2.45) is 23.2 Å². The molecule has 2 aliphatic carbocycles. The van der Waals surface area contributed by atoms with Crippen LogP contribution in [0.25, 0.3) is 0 Å². The molecule has 0 radical (unpaired) electrons. The van der Waals surface area contributed by atoms with Crippen molar-refractivity contribution in [2.45, 2.75) is 96.9 Å². The number of cyclic esters (lactones) is 1. The zero-order chi connectivity index (χ0) is 20.6. The van der Waals surface area contributed by atoms with Gasteiger partial charge in [0.05, 0.1) is 0 Å². The maximum atomic E-state index is 12.5. The van der Waals surface area contributed by atoms with Gasteiger partial charge in [-0.15, -0.1) is 0 Å². The molecule has 2 unspecified atom stereocenters. The Labute approximate surface area is 174 Å². The maximum absolute atomic E-state index is 12.5. The van der Waals surface area contributed by atoms with E-state index in [1.54, 1.807) is 6.92 Å². The highest BCUT2D eigenvalue weighted by atomic mass is 16.7. The van der Waals surface area contributed by atoms with Crippen molar-refractivity contribution >= 4 is 11.8 Å².